The summed E-state index contributed by atoms with van der Waals surface area (Å²) in [7, 11) is 0. The molecule has 3 aromatic carbocycles. The van der Waals surface area contributed by atoms with Crippen LogP contribution in [0.3, 0.4) is 0 Å². The zero-order chi connectivity index (χ0) is 26.7. The van der Waals surface area contributed by atoms with E-state index in [4.69, 9.17) is 0 Å². The van der Waals surface area contributed by atoms with Gasteiger partial charge in [0.25, 0.3) is 0 Å². The minimum atomic E-state index is -0.574. The van der Waals surface area contributed by atoms with E-state index in [0.717, 1.165) is 47.0 Å². The van der Waals surface area contributed by atoms with E-state index in [1.165, 1.54) is 17.5 Å². The molecule has 1 aliphatic carbocycles. The van der Waals surface area contributed by atoms with Gasteiger partial charge in [0.1, 0.15) is 6.04 Å². The van der Waals surface area contributed by atoms with Gasteiger partial charge in [-0.1, -0.05) is 107 Å². The Hall–Kier alpha value is -2.57. The molecule has 0 unspecified atom stereocenters. The number of amides is 2. The van der Waals surface area contributed by atoms with E-state index in [1.54, 1.807) is 16.7 Å². The largest absolute Gasteiger partial charge is 0.352 e. The van der Waals surface area contributed by atoms with Crippen LogP contribution in [0.4, 0.5) is 0 Å². The van der Waals surface area contributed by atoms with Crippen molar-refractivity contribution in [3.63, 3.8) is 0 Å². The molecular formula is C32H37BrN2O2S. The molecule has 0 radical (unpaired) electrons. The van der Waals surface area contributed by atoms with Crippen molar-refractivity contribution < 1.29 is 9.59 Å². The lowest BCUT2D eigenvalue weighted by molar-refractivity contribution is -0.139. The van der Waals surface area contributed by atoms with E-state index >= 15 is 0 Å². The van der Waals surface area contributed by atoms with Crippen LogP contribution in [0.1, 0.15) is 54.4 Å². The summed E-state index contributed by atoms with van der Waals surface area (Å²) in [6.07, 6.45) is 6.03. The Balaban J connectivity index is 1.56. The molecule has 200 valence electrons. The summed E-state index contributed by atoms with van der Waals surface area (Å²) >= 11 is 5.11. The lowest BCUT2D eigenvalue weighted by Crippen LogP contribution is -2.53. The number of thioether (sulfide) groups is 1. The SMILES string of the molecule is Cc1cccc(CSCC(=O)N(Cc2ccc(Br)cc2)[C@@H](Cc2ccccc2)C(=O)NC2CCCCC2)c1. The molecule has 1 aliphatic rings. The smallest absolute Gasteiger partial charge is 0.243 e. The van der Waals surface area contributed by atoms with Crippen molar-refractivity contribution in [1.29, 1.82) is 0 Å². The molecule has 3 aromatic rings. The molecule has 0 saturated heterocycles. The number of nitrogens with one attached hydrogen (secondary N) is 1. The van der Waals surface area contributed by atoms with Gasteiger partial charge in [-0.15, -0.1) is 11.8 Å². The van der Waals surface area contributed by atoms with E-state index in [9.17, 15) is 9.59 Å². The highest BCUT2D eigenvalue weighted by atomic mass is 79.9. The summed E-state index contributed by atoms with van der Waals surface area (Å²) < 4.78 is 0.990. The Labute approximate surface area is 239 Å². The molecule has 38 heavy (non-hydrogen) atoms. The van der Waals surface area contributed by atoms with E-state index in [2.05, 4.69) is 52.4 Å². The molecule has 1 N–H and O–H groups in total. The number of benzene rings is 3. The van der Waals surface area contributed by atoms with E-state index in [0.29, 0.717) is 18.7 Å². The Morgan fingerprint density at radius 3 is 2.34 bits per heavy atom. The monoisotopic (exact) mass is 592 g/mol. The zero-order valence-electron chi connectivity index (χ0n) is 22.1. The average molecular weight is 594 g/mol. The number of aryl methyl sites for hydroxylation is 1. The fourth-order valence-corrected chi connectivity index (χ4v) is 6.15. The number of carbonyl (C=O) groups is 2. The first kappa shape index (κ1) is 28.4. The lowest BCUT2D eigenvalue weighted by atomic mass is 9.94. The second kappa shape index (κ2) is 14.5. The molecular weight excluding hydrogens is 556 g/mol. The van der Waals surface area contributed by atoms with Gasteiger partial charge in [0.05, 0.1) is 5.75 Å². The van der Waals surface area contributed by atoms with Crippen LogP contribution in [0.2, 0.25) is 0 Å². The number of carbonyl (C=O) groups excluding carboxylic acids is 2. The Bertz CT molecular complexity index is 1180. The van der Waals surface area contributed by atoms with Crippen LogP contribution in [0.5, 0.6) is 0 Å². The fourth-order valence-electron chi connectivity index (χ4n) is 5.03. The van der Waals surface area contributed by atoms with E-state index in [1.807, 2.05) is 54.6 Å². The van der Waals surface area contributed by atoms with Crippen molar-refractivity contribution in [3.05, 3.63) is 106 Å². The van der Waals surface area contributed by atoms with Crippen LogP contribution < -0.4 is 5.32 Å². The van der Waals surface area contributed by atoms with Gasteiger partial charge in [0, 0.05) is 29.2 Å². The lowest BCUT2D eigenvalue weighted by Gasteiger charge is -2.33. The summed E-state index contributed by atoms with van der Waals surface area (Å²) in [6, 6.07) is 26.0. The molecule has 4 nitrogen and oxygen atoms in total. The van der Waals surface area contributed by atoms with E-state index in [-0.39, 0.29) is 17.9 Å². The third-order valence-electron chi connectivity index (χ3n) is 7.07. The van der Waals surface area contributed by atoms with Crippen molar-refractivity contribution in [2.75, 3.05) is 5.75 Å². The molecule has 0 aliphatic heterocycles. The van der Waals surface area contributed by atoms with E-state index < -0.39 is 6.04 Å². The molecule has 0 heterocycles. The third kappa shape index (κ3) is 8.74. The number of halogens is 1. The third-order valence-corrected chi connectivity index (χ3v) is 8.58. The fraction of sp³-hybridized carbons (Fsp3) is 0.375. The second-order valence-corrected chi connectivity index (χ2v) is 12.1. The molecule has 1 fully saturated rings. The van der Waals surface area contributed by atoms with Crippen LogP contribution in [-0.4, -0.2) is 34.6 Å². The van der Waals surface area contributed by atoms with Crippen molar-refractivity contribution in [3.8, 4) is 0 Å². The predicted molar refractivity (Wildman–Crippen MR) is 161 cm³/mol. The average Bonchev–Trinajstić information content (AvgIpc) is 2.93. The summed E-state index contributed by atoms with van der Waals surface area (Å²) in [5.74, 6) is 1.03. The molecule has 0 spiro atoms. The number of hydrogen-bond donors (Lipinski definition) is 1. The Morgan fingerprint density at radius 1 is 0.921 bits per heavy atom. The minimum Gasteiger partial charge on any atom is -0.352 e. The molecule has 2 amide bonds. The van der Waals surface area contributed by atoms with Crippen LogP contribution in [0.15, 0.2) is 83.3 Å². The Morgan fingerprint density at radius 2 is 1.63 bits per heavy atom. The maximum Gasteiger partial charge on any atom is 0.243 e. The van der Waals surface area contributed by atoms with Crippen LogP contribution in [0.25, 0.3) is 0 Å². The van der Waals surface area contributed by atoms with Gasteiger partial charge >= 0.3 is 0 Å². The van der Waals surface area contributed by atoms with Gasteiger partial charge in [0.15, 0.2) is 0 Å². The molecule has 1 saturated carbocycles. The quantitative estimate of drug-likeness (QED) is 0.259. The van der Waals surface area contributed by atoms with Crippen molar-refractivity contribution in [2.45, 2.75) is 69.8 Å². The first-order chi connectivity index (χ1) is 18.5. The maximum atomic E-state index is 13.8. The highest BCUT2D eigenvalue weighted by Gasteiger charge is 2.31. The summed E-state index contributed by atoms with van der Waals surface area (Å²) in [6.45, 7) is 2.48. The van der Waals surface area contributed by atoms with Crippen molar-refractivity contribution in [2.24, 2.45) is 0 Å². The van der Waals surface area contributed by atoms with Crippen LogP contribution in [-0.2, 0) is 28.3 Å². The minimum absolute atomic E-state index is 0.00898. The summed E-state index contributed by atoms with van der Waals surface area (Å²) in [4.78, 5) is 29.4. The number of nitrogens with zero attached hydrogens (tertiary/aromatic N) is 1. The van der Waals surface area contributed by atoms with Crippen molar-refractivity contribution in [1.82, 2.24) is 10.2 Å². The van der Waals surface area contributed by atoms with Crippen LogP contribution in [0, 0.1) is 6.92 Å². The molecule has 0 bridgehead atoms. The van der Waals surface area contributed by atoms with Gasteiger partial charge in [-0.05, 0) is 48.6 Å². The number of rotatable bonds is 11. The van der Waals surface area contributed by atoms with Crippen molar-refractivity contribution >= 4 is 39.5 Å². The molecule has 4 rings (SSSR count). The standard InChI is InChI=1S/C32H37BrN2O2S/c1-24-9-8-12-27(19-24)22-38-23-31(36)35(21-26-15-17-28(33)18-16-26)30(20-25-10-4-2-5-11-25)32(37)34-29-13-6-3-7-14-29/h2,4-5,8-12,15-19,29-30H,3,6-7,13-14,20-23H2,1H3,(H,34,37)/t30-/m0/s1. The molecule has 6 heteroatoms. The van der Waals surface area contributed by atoms with Gasteiger partial charge in [0.2, 0.25) is 11.8 Å². The van der Waals surface area contributed by atoms with Gasteiger partial charge < -0.3 is 10.2 Å². The van der Waals surface area contributed by atoms with Gasteiger partial charge in [-0.25, -0.2) is 0 Å². The normalized spacial score (nSPS) is 14.6. The first-order valence-electron chi connectivity index (χ1n) is 13.5. The van der Waals surface area contributed by atoms with Gasteiger partial charge in [-0.3, -0.25) is 9.59 Å². The highest BCUT2D eigenvalue weighted by molar-refractivity contribution is 9.10. The second-order valence-electron chi connectivity index (χ2n) is 10.2. The molecule has 1 atom stereocenters. The molecule has 0 aromatic heterocycles. The van der Waals surface area contributed by atoms with Gasteiger partial charge in [-0.2, -0.15) is 0 Å². The maximum absolute atomic E-state index is 13.8. The summed E-state index contributed by atoms with van der Waals surface area (Å²) in [5, 5.41) is 3.31. The predicted octanol–water partition coefficient (Wildman–Crippen LogP) is 7.08. The van der Waals surface area contributed by atoms with Crippen LogP contribution >= 0.6 is 27.7 Å². The highest BCUT2D eigenvalue weighted by Crippen LogP contribution is 2.22. The number of hydrogen-bond acceptors (Lipinski definition) is 3. The summed E-state index contributed by atoms with van der Waals surface area (Å²) in [5.41, 5.74) is 4.48. The first-order valence-corrected chi connectivity index (χ1v) is 15.4. The zero-order valence-corrected chi connectivity index (χ0v) is 24.5. The Kier molecular flexibility index (Phi) is 10.9. The topological polar surface area (TPSA) is 49.4 Å².